The molecule has 4 heteroatoms. The van der Waals surface area contributed by atoms with Gasteiger partial charge in [-0.1, -0.05) is 0 Å². The van der Waals surface area contributed by atoms with Crippen LogP contribution in [0.4, 0.5) is 0 Å². The lowest BCUT2D eigenvalue weighted by Crippen LogP contribution is -2.39. The van der Waals surface area contributed by atoms with E-state index in [9.17, 15) is 9.59 Å². The number of nitrogens with zero attached hydrogens (tertiary/aromatic N) is 1. The van der Waals surface area contributed by atoms with Gasteiger partial charge in [-0.05, 0) is 26.7 Å². The Bertz CT molecular complexity index is 354. The van der Waals surface area contributed by atoms with Gasteiger partial charge >= 0.3 is 0 Å². The van der Waals surface area contributed by atoms with Gasteiger partial charge in [-0.2, -0.15) is 0 Å². The maximum absolute atomic E-state index is 12.0. The van der Waals surface area contributed by atoms with Gasteiger partial charge in [0.05, 0.1) is 23.5 Å². The third-order valence-electron chi connectivity index (χ3n) is 4.16. The highest BCUT2D eigenvalue weighted by Gasteiger charge is 2.67. The zero-order valence-corrected chi connectivity index (χ0v) is 9.03. The number of rotatable bonds is 1. The summed E-state index contributed by atoms with van der Waals surface area (Å²) in [6.45, 7) is 4.32. The zero-order valence-electron chi connectivity index (χ0n) is 9.03. The summed E-state index contributed by atoms with van der Waals surface area (Å²) in [5.41, 5.74) is -0.369. The van der Waals surface area contributed by atoms with Gasteiger partial charge in [-0.15, -0.1) is 0 Å². The van der Waals surface area contributed by atoms with Crippen molar-refractivity contribution in [1.29, 1.82) is 0 Å². The van der Waals surface area contributed by atoms with Gasteiger partial charge in [0.1, 0.15) is 0 Å². The maximum atomic E-state index is 12.0. The minimum atomic E-state index is -0.369. The van der Waals surface area contributed by atoms with Gasteiger partial charge in [0.15, 0.2) is 0 Å². The summed E-state index contributed by atoms with van der Waals surface area (Å²) in [6.07, 6.45) is 1.83. The Hall–Kier alpha value is -0.900. The predicted molar refractivity (Wildman–Crippen MR) is 51.9 cm³/mol. The lowest BCUT2D eigenvalue weighted by molar-refractivity contribution is -0.144. The summed E-state index contributed by atoms with van der Waals surface area (Å²) >= 11 is 0. The summed E-state index contributed by atoms with van der Waals surface area (Å²) in [5.74, 6) is -0.418. The van der Waals surface area contributed by atoms with Gasteiger partial charge in [0, 0.05) is 6.54 Å². The minimum absolute atomic E-state index is 0.00648. The number of hydrogen-bond donors (Lipinski definition) is 0. The smallest absolute Gasteiger partial charge is 0.236 e. The van der Waals surface area contributed by atoms with Crippen molar-refractivity contribution < 1.29 is 14.3 Å². The summed E-state index contributed by atoms with van der Waals surface area (Å²) in [4.78, 5) is 25.4. The molecule has 3 fully saturated rings. The van der Waals surface area contributed by atoms with Gasteiger partial charge in [-0.25, -0.2) is 0 Å². The van der Waals surface area contributed by atoms with Crippen LogP contribution in [0.15, 0.2) is 0 Å². The fraction of sp³-hybridized carbons (Fsp3) is 0.818. The van der Waals surface area contributed by atoms with Crippen molar-refractivity contribution in [2.24, 2.45) is 11.8 Å². The molecule has 3 aliphatic heterocycles. The van der Waals surface area contributed by atoms with Gasteiger partial charge in [0.25, 0.3) is 0 Å². The second kappa shape index (κ2) is 2.61. The highest BCUT2D eigenvalue weighted by molar-refractivity contribution is 6.06. The van der Waals surface area contributed by atoms with Crippen molar-refractivity contribution >= 4 is 11.8 Å². The topological polar surface area (TPSA) is 46.6 Å². The van der Waals surface area contributed by atoms with Gasteiger partial charge < -0.3 is 4.74 Å². The first kappa shape index (κ1) is 9.33. The molecular weight excluding hydrogens is 194 g/mol. The molecule has 2 amide bonds. The lowest BCUT2D eigenvalue weighted by atomic mass is 9.74. The molecule has 2 bridgehead atoms. The van der Waals surface area contributed by atoms with Crippen LogP contribution in [0, 0.1) is 11.8 Å². The second-order valence-corrected chi connectivity index (χ2v) is 4.93. The van der Waals surface area contributed by atoms with E-state index in [0.717, 1.165) is 12.8 Å². The van der Waals surface area contributed by atoms with Crippen LogP contribution in [0.1, 0.15) is 26.7 Å². The molecule has 0 unspecified atom stereocenters. The van der Waals surface area contributed by atoms with Crippen molar-refractivity contribution in [2.45, 2.75) is 38.4 Å². The molecule has 3 aliphatic rings. The van der Waals surface area contributed by atoms with E-state index in [4.69, 9.17) is 4.74 Å². The van der Waals surface area contributed by atoms with E-state index in [2.05, 4.69) is 0 Å². The highest BCUT2D eigenvalue weighted by Crippen LogP contribution is 2.54. The number of amides is 2. The Morgan fingerprint density at radius 3 is 2.80 bits per heavy atom. The Labute approximate surface area is 88.6 Å². The molecule has 3 saturated heterocycles. The van der Waals surface area contributed by atoms with Crippen LogP contribution in [0.5, 0.6) is 0 Å². The van der Waals surface area contributed by atoms with Crippen LogP contribution >= 0.6 is 0 Å². The van der Waals surface area contributed by atoms with Crippen LogP contribution in [-0.4, -0.2) is 35.0 Å². The molecule has 3 heterocycles. The van der Waals surface area contributed by atoms with Crippen molar-refractivity contribution in [2.75, 3.05) is 6.54 Å². The van der Waals surface area contributed by atoms with E-state index in [1.807, 2.05) is 13.8 Å². The molecule has 0 aromatic heterocycles. The van der Waals surface area contributed by atoms with E-state index < -0.39 is 0 Å². The first-order valence-corrected chi connectivity index (χ1v) is 5.61. The molecule has 0 spiro atoms. The quantitative estimate of drug-likeness (QED) is 0.593. The Morgan fingerprint density at radius 1 is 1.47 bits per heavy atom. The number of hydrogen-bond acceptors (Lipinski definition) is 3. The Morgan fingerprint density at radius 2 is 2.20 bits per heavy atom. The molecule has 15 heavy (non-hydrogen) atoms. The van der Waals surface area contributed by atoms with E-state index in [1.54, 1.807) is 0 Å². The average Bonchev–Trinajstić information content (AvgIpc) is 2.77. The molecule has 0 aromatic carbocycles. The number of carbonyl (C=O) groups is 2. The summed E-state index contributed by atoms with van der Waals surface area (Å²) < 4.78 is 5.79. The van der Waals surface area contributed by atoms with Crippen LogP contribution < -0.4 is 0 Å². The fourth-order valence-electron chi connectivity index (χ4n) is 3.45. The van der Waals surface area contributed by atoms with Crippen LogP contribution in [0.25, 0.3) is 0 Å². The second-order valence-electron chi connectivity index (χ2n) is 4.93. The molecule has 0 radical (unpaired) electrons. The monoisotopic (exact) mass is 209 g/mol. The third kappa shape index (κ3) is 0.911. The molecule has 4 nitrogen and oxygen atoms in total. The average molecular weight is 209 g/mol. The van der Waals surface area contributed by atoms with E-state index in [0.29, 0.717) is 6.54 Å². The summed E-state index contributed by atoms with van der Waals surface area (Å²) in [5, 5.41) is 0. The van der Waals surface area contributed by atoms with Crippen molar-refractivity contribution in [3.05, 3.63) is 0 Å². The summed E-state index contributed by atoms with van der Waals surface area (Å²) in [6, 6.07) is 0. The molecule has 3 rings (SSSR count). The molecular formula is C11H15NO3. The zero-order chi connectivity index (χ0) is 10.8. The van der Waals surface area contributed by atoms with Crippen molar-refractivity contribution in [3.63, 3.8) is 0 Å². The highest BCUT2D eigenvalue weighted by atomic mass is 16.5. The summed E-state index contributed by atoms with van der Waals surface area (Å²) in [7, 11) is 0. The number of fused-ring (bicyclic) bond motifs is 5. The minimum Gasteiger partial charge on any atom is -0.370 e. The predicted octanol–water partition coefficient (Wildman–Crippen LogP) is 0.559. The molecule has 0 aromatic rings. The van der Waals surface area contributed by atoms with E-state index in [-0.39, 0.29) is 35.4 Å². The van der Waals surface area contributed by atoms with Gasteiger partial charge in [0.2, 0.25) is 11.8 Å². The standard InChI is InChI=1S/C11H15NO3/c1-3-12-9(13)7-6-4-5-11(2,15-6)8(7)10(12)14/h6-8H,3-5H2,1-2H3/t6-,7-,8-,11-/m1/s1. The maximum Gasteiger partial charge on any atom is 0.236 e. The van der Waals surface area contributed by atoms with Crippen LogP contribution in [-0.2, 0) is 14.3 Å². The first-order valence-electron chi connectivity index (χ1n) is 5.61. The van der Waals surface area contributed by atoms with Crippen molar-refractivity contribution in [1.82, 2.24) is 4.90 Å². The number of likely N-dealkylation sites (tertiary alicyclic amines) is 1. The largest absolute Gasteiger partial charge is 0.370 e. The molecule has 4 atom stereocenters. The van der Waals surface area contributed by atoms with Crippen LogP contribution in [0.3, 0.4) is 0 Å². The van der Waals surface area contributed by atoms with E-state index in [1.165, 1.54) is 4.90 Å². The van der Waals surface area contributed by atoms with E-state index >= 15 is 0 Å². The molecule has 82 valence electrons. The molecule has 0 saturated carbocycles. The fourth-order valence-corrected chi connectivity index (χ4v) is 3.45. The Kier molecular flexibility index (Phi) is 1.63. The first-order chi connectivity index (χ1) is 7.08. The molecule has 0 aliphatic carbocycles. The van der Waals surface area contributed by atoms with Crippen molar-refractivity contribution in [3.8, 4) is 0 Å². The van der Waals surface area contributed by atoms with Gasteiger partial charge in [-0.3, -0.25) is 14.5 Å². The number of carbonyl (C=O) groups excluding carboxylic acids is 2. The SMILES string of the molecule is CCN1C(=O)[C@@H]2[C@H]3CC[C@@](C)(O3)[C@H]2C1=O. The Balaban J connectivity index is 2.03. The van der Waals surface area contributed by atoms with Crippen LogP contribution in [0.2, 0.25) is 0 Å². The normalized spacial score (nSPS) is 47.9. The lowest BCUT2D eigenvalue weighted by Gasteiger charge is -2.26. The molecule has 0 N–H and O–H groups in total. The number of imide groups is 1. The third-order valence-corrected chi connectivity index (χ3v) is 4.16. The number of ether oxygens (including phenoxy) is 1.